The van der Waals surface area contributed by atoms with Gasteiger partial charge in [0.05, 0.1) is 6.61 Å². The molecular formula is C19H24N2O3. The Hall–Kier alpha value is -2.56. The van der Waals surface area contributed by atoms with Crippen molar-refractivity contribution in [1.82, 2.24) is 10.3 Å². The van der Waals surface area contributed by atoms with E-state index < -0.39 is 0 Å². The Balaban J connectivity index is 1.92. The lowest BCUT2D eigenvalue weighted by molar-refractivity contribution is -0.121. The van der Waals surface area contributed by atoms with E-state index in [9.17, 15) is 9.59 Å². The number of pyridine rings is 1. The van der Waals surface area contributed by atoms with Crippen LogP contribution in [0.1, 0.15) is 35.7 Å². The first-order valence-electron chi connectivity index (χ1n) is 8.18. The third-order valence-electron chi connectivity index (χ3n) is 3.85. The van der Waals surface area contributed by atoms with Gasteiger partial charge in [-0.3, -0.25) is 9.59 Å². The maximum absolute atomic E-state index is 12.1. The van der Waals surface area contributed by atoms with Crippen molar-refractivity contribution in [3.8, 4) is 5.75 Å². The second-order valence-corrected chi connectivity index (χ2v) is 5.76. The summed E-state index contributed by atoms with van der Waals surface area (Å²) in [5.74, 6) is 0.735. The molecule has 0 aliphatic heterocycles. The summed E-state index contributed by atoms with van der Waals surface area (Å²) in [6.07, 6.45) is 0.956. The number of hydrogen-bond acceptors (Lipinski definition) is 3. The predicted octanol–water partition coefficient (Wildman–Crippen LogP) is 2.64. The number of aromatic nitrogens is 1. The van der Waals surface area contributed by atoms with Crippen LogP contribution in [-0.2, 0) is 17.8 Å². The molecule has 2 aromatic rings. The van der Waals surface area contributed by atoms with Gasteiger partial charge in [-0.15, -0.1) is 0 Å². The lowest BCUT2D eigenvalue weighted by atomic mass is 10.1. The van der Waals surface area contributed by atoms with Crippen molar-refractivity contribution in [2.75, 3.05) is 6.61 Å². The third-order valence-corrected chi connectivity index (χ3v) is 3.85. The molecule has 0 unspecified atom stereocenters. The number of ether oxygens (including phenoxy) is 1. The first-order valence-corrected chi connectivity index (χ1v) is 8.18. The number of amides is 1. The summed E-state index contributed by atoms with van der Waals surface area (Å²) in [6.45, 7) is 6.49. The lowest BCUT2D eigenvalue weighted by Crippen LogP contribution is -2.28. The number of para-hydroxylation sites is 1. The minimum Gasteiger partial charge on any atom is -0.494 e. The molecule has 0 atom stereocenters. The molecule has 2 N–H and O–H groups in total. The van der Waals surface area contributed by atoms with E-state index in [2.05, 4.69) is 10.3 Å². The van der Waals surface area contributed by atoms with E-state index in [1.165, 1.54) is 0 Å². The molecule has 24 heavy (non-hydrogen) atoms. The summed E-state index contributed by atoms with van der Waals surface area (Å²) in [5.41, 5.74) is 3.18. The van der Waals surface area contributed by atoms with Crippen LogP contribution in [0.25, 0.3) is 0 Å². The van der Waals surface area contributed by atoms with Crippen LogP contribution in [0.3, 0.4) is 0 Å². The van der Waals surface area contributed by atoms with Crippen molar-refractivity contribution in [1.29, 1.82) is 0 Å². The van der Waals surface area contributed by atoms with E-state index in [0.717, 1.165) is 22.6 Å². The van der Waals surface area contributed by atoms with Gasteiger partial charge in [-0.2, -0.15) is 0 Å². The van der Waals surface area contributed by atoms with Gasteiger partial charge in [-0.05, 0) is 50.5 Å². The molecule has 0 saturated carbocycles. The van der Waals surface area contributed by atoms with Gasteiger partial charge in [0.15, 0.2) is 0 Å². The maximum atomic E-state index is 12.1. The van der Waals surface area contributed by atoms with Gasteiger partial charge in [-0.1, -0.05) is 18.2 Å². The quantitative estimate of drug-likeness (QED) is 0.821. The molecule has 1 aromatic heterocycles. The molecule has 128 valence electrons. The van der Waals surface area contributed by atoms with E-state index in [4.69, 9.17) is 4.74 Å². The van der Waals surface area contributed by atoms with Crippen LogP contribution in [0.2, 0.25) is 0 Å². The number of aryl methyl sites for hydroxylation is 3. The highest BCUT2D eigenvalue weighted by molar-refractivity contribution is 5.76. The molecule has 2 rings (SSSR count). The molecule has 1 heterocycles. The van der Waals surface area contributed by atoms with Gasteiger partial charge in [0, 0.05) is 24.2 Å². The Morgan fingerprint density at radius 1 is 1.25 bits per heavy atom. The maximum Gasteiger partial charge on any atom is 0.253 e. The zero-order valence-electron chi connectivity index (χ0n) is 14.4. The van der Waals surface area contributed by atoms with Crippen molar-refractivity contribution < 1.29 is 9.53 Å². The van der Waals surface area contributed by atoms with E-state index >= 15 is 0 Å². The average molecular weight is 328 g/mol. The molecule has 0 fully saturated rings. The Morgan fingerprint density at radius 3 is 2.71 bits per heavy atom. The summed E-state index contributed by atoms with van der Waals surface area (Å²) in [7, 11) is 0. The second kappa shape index (κ2) is 8.34. The second-order valence-electron chi connectivity index (χ2n) is 5.76. The van der Waals surface area contributed by atoms with Crippen molar-refractivity contribution in [2.45, 2.75) is 40.2 Å². The highest BCUT2D eigenvalue weighted by Crippen LogP contribution is 2.19. The predicted molar refractivity (Wildman–Crippen MR) is 94.3 cm³/mol. The number of hydrogen-bond donors (Lipinski definition) is 2. The fourth-order valence-electron chi connectivity index (χ4n) is 2.63. The van der Waals surface area contributed by atoms with Gasteiger partial charge in [0.1, 0.15) is 5.75 Å². The average Bonchev–Trinajstić information content (AvgIpc) is 2.53. The van der Waals surface area contributed by atoms with E-state index in [-0.39, 0.29) is 18.0 Å². The summed E-state index contributed by atoms with van der Waals surface area (Å²) >= 11 is 0. The third kappa shape index (κ3) is 4.72. The molecule has 0 saturated heterocycles. The highest BCUT2D eigenvalue weighted by atomic mass is 16.5. The lowest BCUT2D eigenvalue weighted by Gasteiger charge is -2.10. The van der Waals surface area contributed by atoms with Crippen LogP contribution in [0.15, 0.2) is 35.1 Å². The topological polar surface area (TPSA) is 71.2 Å². The van der Waals surface area contributed by atoms with Crippen LogP contribution in [0.5, 0.6) is 5.75 Å². The molecule has 0 spiro atoms. The van der Waals surface area contributed by atoms with Crippen molar-refractivity contribution in [3.05, 3.63) is 63.1 Å². The van der Waals surface area contributed by atoms with Crippen LogP contribution in [-0.4, -0.2) is 17.5 Å². The van der Waals surface area contributed by atoms with Crippen molar-refractivity contribution in [2.24, 2.45) is 0 Å². The number of benzene rings is 1. The smallest absolute Gasteiger partial charge is 0.253 e. The van der Waals surface area contributed by atoms with Crippen LogP contribution >= 0.6 is 0 Å². The minimum absolute atomic E-state index is 0.0827. The monoisotopic (exact) mass is 328 g/mol. The van der Waals surface area contributed by atoms with Gasteiger partial charge in [0.25, 0.3) is 5.56 Å². The summed E-state index contributed by atoms with van der Waals surface area (Å²) in [4.78, 5) is 26.8. The minimum atomic E-state index is -0.144. The largest absolute Gasteiger partial charge is 0.494 e. The first-order chi connectivity index (χ1) is 11.5. The zero-order chi connectivity index (χ0) is 17.5. The SMILES string of the molecule is CCOc1ccccc1CCC(=O)NCc1c(C)cc(C)[nH]c1=O. The molecule has 5 heteroatoms. The van der Waals surface area contributed by atoms with Crippen LogP contribution in [0, 0.1) is 13.8 Å². The molecule has 0 radical (unpaired) electrons. The Labute approximate surface area is 142 Å². The normalized spacial score (nSPS) is 10.5. The number of carbonyl (C=O) groups excluding carboxylic acids is 1. The van der Waals surface area contributed by atoms with Crippen molar-refractivity contribution >= 4 is 5.91 Å². The first kappa shape index (κ1) is 17.8. The molecule has 0 aliphatic carbocycles. The van der Waals surface area contributed by atoms with E-state index in [1.807, 2.05) is 51.1 Å². The fraction of sp³-hybridized carbons (Fsp3) is 0.368. The number of H-pyrrole nitrogens is 1. The van der Waals surface area contributed by atoms with Crippen molar-refractivity contribution in [3.63, 3.8) is 0 Å². The number of aromatic amines is 1. The zero-order valence-corrected chi connectivity index (χ0v) is 14.4. The Morgan fingerprint density at radius 2 is 2.00 bits per heavy atom. The Bertz CT molecular complexity index is 765. The highest BCUT2D eigenvalue weighted by Gasteiger charge is 2.09. The summed E-state index contributed by atoms with van der Waals surface area (Å²) < 4.78 is 5.56. The fourth-order valence-corrected chi connectivity index (χ4v) is 2.63. The molecule has 1 aromatic carbocycles. The number of nitrogens with one attached hydrogen (secondary N) is 2. The van der Waals surface area contributed by atoms with Gasteiger partial charge >= 0.3 is 0 Å². The van der Waals surface area contributed by atoms with Crippen LogP contribution < -0.4 is 15.6 Å². The van der Waals surface area contributed by atoms with Gasteiger partial charge in [0.2, 0.25) is 5.91 Å². The molecule has 0 aliphatic rings. The Kier molecular flexibility index (Phi) is 6.18. The number of rotatable bonds is 7. The standard InChI is InChI=1S/C19H24N2O3/c1-4-24-17-8-6-5-7-15(17)9-10-18(22)20-12-16-13(2)11-14(3)21-19(16)23/h5-8,11H,4,9-10,12H2,1-3H3,(H,20,22)(H,21,23). The van der Waals surface area contributed by atoms with Gasteiger partial charge in [-0.25, -0.2) is 0 Å². The summed E-state index contributed by atoms with van der Waals surface area (Å²) in [6, 6.07) is 9.63. The van der Waals surface area contributed by atoms with Crippen LogP contribution in [0.4, 0.5) is 0 Å². The van der Waals surface area contributed by atoms with E-state index in [0.29, 0.717) is 25.0 Å². The van der Waals surface area contributed by atoms with Gasteiger partial charge < -0.3 is 15.0 Å². The molecule has 0 bridgehead atoms. The van der Waals surface area contributed by atoms with E-state index in [1.54, 1.807) is 0 Å². The number of carbonyl (C=O) groups is 1. The molecule has 5 nitrogen and oxygen atoms in total. The molecular weight excluding hydrogens is 304 g/mol. The molecule has 1 amide bonds. The summed E-state index contributed by atoms with van der Waals surface area (Å²) in [5, 5.41) is 2.82.